The van der Waals surface area contributed by atoms with Crippen LogP contribution in [0.3, 0.4) is 0 Å². The van der Waals surface area contributed by atoms with E-state index in [2.05, 4.69) is 10.5 Å². The predicted molar refractivity (Wildman–Crippen MR) is 92.4 cm³/mol. The van der Waals surface area contributed by atoms with E-state index in [9.17, 15) is 22.0 Å². The van der Waals surface area contributed by atoms with Crippen LogP contribution >= 0.6 is 0 Å². The van der Waals surface area contributed by atoms with Gasteiger partial charge in [-0.2, -0.15) is 4.31 Å². The van der Waals surface area contributed by atoms with Gasteiger partial charge in [-0.25, -0.2) is 17.2 Å². The van der Waals surface area contributed by atoms with Crippen molar-refractivity contribution in [1.29, 1.82) is 0 Å². The maximum Gasteiger partial charge on any atom is 0.248 e. The number of piperidine rings is 1. The van der Waals surface area contributed by atoms with Crippen molar-refractivity contribution >= 4 is 21.6 Å². The Morgan fingerprint density at radius 3 is 2.52 bits per heavy atom. The minimum atomic E-state index is -3.76. The molecule has 27 heavy (non-hydrogen) atoms. The molecule has 0 spiro atoms. The Kier molecular flexibility index (Phi) is 5.29. The van der Waals surface area contributed by atoms with Gasteiger partial charge in [-0.3, -0.25) is 4.79 Å². The number of halogens is 2. The van der Waals surface area contributed by atoms with Crippen molar-refractivity contribution in [1.82, 2.24) is 9.46 Å². The average Bonchev–Trinajstić information content (AvgIpc) is 2.97. The van der Waals surface area contributed by atoms with Crippen LogP contribution < -0.4 is 5.32 Å². The predicted octanol–water partition coefficient (Wildman–Crippen LogP) is 2.61. The smallest absolute Gasteiger partial charge is 0.248 e. The van der Waals surface area contributed by atoms with E-state index < -0.39 is 33.5 Å². The molecule has 2 aromatic rings. The van der Waals surface area contributed by atoms with Crippen molar-refractivity contribution in [2.75, 3.05) is 18.4 Å². The summed E-state index contributed by atoms with van der Waals surface area (Å²) in [7, 11) is -3.76. The first-order valence-electron chi connectivity index (χ1n) is 8.39. The van der Waals surface area contributed by atoms with E-state index in [0.29, 0.717) is 0 Å². The standard InChI is InChI=1S/C17H19F2N3O4S/c1-10-16(11(2)26-21-10)27(24,25)22-7-5-12(6-8-22)17(23)20-15-9-13(18)3-4-14(15)19/h3-4,9,12H,5-8H2,1-2H3,(H,20,23). The first-order chi connectivity index (χ1) is 12.7. The van der Waals surface area contributed by atoms with Crippen LogP contribution in [-0.2, 0) is 14.8 Å². The van der Waals surface area contributed by atoms with Crippen LogP contribution in [0, 0.1) is 31.4 Å². The lowest BCUT2D eigenvalue weighted by Crippen LogP contribution is -2.41. The number of hydrogen-bond acceptors (Lipinski definition) is 5. The molecule has 1 N–H and O–H groups in total. The Labute approximate surface area is 155 Å². The summed E-state index contributed by atoms with van der Waals surface area (Å²) in [6.45, 7) is 3.35. The Bertz CT molecular complexity index is 947. The zero-order valence-electron chi connectivity index (χ0n) is 14.8. The molecule has 0 atom stereocenters. The molecular formula is C17H19F2N3O4S. The molecule has 10 heteroatoms. The molecule has 1 aromatic heterocycles. The van der Waals surface area contributed by atoms with Gasteiger partial charge >= 0.3 is 0 Å². The Balaban J connectivity index is 1.66. The molecule has 1 aliphatic rings. The molecule has 0 saturated carbocycles. The Hall–Kier alpha value is -2.33. The molecule has 1 fully saturated rings. The Morgan fingerprint density at radius 2 is 1.93 bits per heavy atom. The van der Waals surface area contributed by atoms with Gasteiger partial charge in [0, 0.05) is 25.1 Å². The van der Waals surface area contributed by atoms with Gasteiger partial charge in [-0.15, -0.1) is 0 Å². The van der Waals surface area contributed by atoms with Crippen LogP contribution in [0.2, 0.25) is 0 Å². The summed E-state index contributed by atoms with van der Waals surface area (Å²) in [6, 6.07) is 2.80. The third kappa shape index (κ3) is 3.86. The molecular weight excluding hydrogens is 380 g/mol. The number of anilines is 1. The van der Waals surface area contributed by atoms with Gasteiger partial charge in [-0.05, 0) is 38.8 Å². The molecule has 1 aromatic carbocycles. The van der Waals surface area contributed by atoms with E-state index >= 15 is 0 Å². The molecule has 1 aliphatic heterocycles. The number of amides is 1. The fourth-order valence-corrected chi connectivity index (χ4v) is 4.92. The van der Waals surface area contributed by atoms with Crippen LogP contribution in [-0.4, -0.2) is 36.9 Å². The van der Waals surface area contributed by atoms with Crippen LogP contribution in [0.1, 0.15) is 24.3 Å². The molecule has 2 heterocycles. The second-order valence-electron chi connectivity index (χ2n) is 6.45. The van der Waals surface area contributed by atoms with Crippen molar-refractivity contribution in [3.63, 3.8) is 0 Å². The highest BCUT2D eigenvalue weighted by molar-refractivity contribution is 7.89. The minimum Gasteiger partial charge on any atom is -0.360 e. The first kappa shape index (κ1) is 19.4. The number of aryl methyl sites for hydroxylation is 2. The van der Waals surface area contributed by atoms with Crippen LogP contribution in [0.5, 0.6) is 0 Å². The normalized spacial score (nSPS) is 16.4. The number of aromatic nitrogens is 1. The summed E-state index contributed by atoms with van der Waals surface area (Å²) in [4.78, 5) is 12.4. The summed E-state index contributed by atoms with van der Waals surface area (Å²) in [5, 5.41) is 6.04. The van der Waals surface area contributed by atoms with Gasteiger partial charge in [0.15, 0.2) is 5.76 Å². The van der Waals surface area contributed by atoms with Crippen LogP contribution in [0.15, 0.2) is 27.6 Å². The van der Waals surface area contributed by atoms with Crippen molar-refractivity contribution in [3.8, 4) is 0 Å². The van der Waals surface area contributed by atoms with Crippen LogP contribution in [0.25, 0.3) is 0 Å². The van der Waals surface area contributed by atoms with Crippen molar-refractivity contribution in [2.24, 2.45) is 5.92 Å². The number of nitrogens with zero attached hydrogens (tertiary/aromatic N) is 2. The maximum atomic E-state index is 13.7. The number of benzene rings is 1. The summed E-state index contributed by atoms with van der Waals surface area (Å²) >= 11 is 0. The maximum absolute atomic E-state index is 13.7. The van der Waals surface area contributed by atoms with Gasteiger partial charge in [-0.1, -0.05) is 5.16 Å². The summed E-state index contributed by atoms with van der Waals surface area (Å²) in [5.41, 5.74) is 0.0553. The van der Waals surface area contributed by atoms with Crippen LogP contribution in [0.4, 0.5) is 14.5 Å². The van der Waals surface area contributed by atoms with Crippen molar-refractivity contribution in [2.45, 2.75) is 31.6 Å². The van der Waals surface area contributed by atoms with E-state index in [-0.39, 0.29) is 48.0 Å². The molecule has 146 valence electrons. The average molecular weight is 399 g/mol. The van der Waals surface area contributed by atoms with Gasteiger partial charge < -0.3 is 9.84 Å². The molecule has 0 radical (unpaired) electrons. The fraction of sp³-hybridized carbons (Fsp3) is 0.412. The van der Waals surface area contributed by atoms with Gasteiger partial charge in [0.25, 0.3) is 0 Å². The van der Waals surface area contributed by atoms with Gasteiger partial charge in [0.2, 0.25) is 15.9 Å². The van der Waals surface area contributed by atoms with Gasteiger partial charge in [0.1, 0.15) is 22.2 Å². The van der Waals surface area contributed by atoms with E-state index in [1.807, 2.05) is 0 Å². The number of rotatable bonds is 4. The Morgan fingerprint density at radius 1 is 1.26 bits per heavy atom. The lowest BCUT2D eigenvalue weighted by Gasteiger charge is -2.30. The highest BCUT2D eigenvalue weighted by Gasteiger charge is 2.35. The van der Waals surface area contributed by atoms with E-state index in [0.717, 1.165) is 18.2 Å². The molecule has 0 aliphatic carbocycles. The highest BCUT2D eigenvalue weighted by Crippen LogP contribution is 2.28. The minimum absolute atomic E-state index is 0.0484. The number of sulfonamides is 1. The summed E-state index contributed by atoms with van der Waals surface area (Å²) < 4.78 is 58.6. The second-order valence-corrected chi connectivity index (χ2v) is 8.32. The number of nitrogens with one attached hydrogen (secondary N) is 1. The molecule has 0 bridgehead atoms. The topological polar surface area (TPSA) is 92.5 Å². The first-order valence-corrected chi connectivity index (χ1v) is 9.83. The zero-order chi connectivity index (χ0) is 19.8. The fourth-order valence-electron chi connectivity index (χ4n) is 3.16. The van der Waals surface area contributed by atoms with E-state index in [1.54, 1.807) is 6.92 Å². The molecule has 1 amide bonds. The highest BCUT2D eigenvalue weighted by atomic mass is 32.2. The number of carbonyl (C=O) groups is 1. The largest absolute Gasteiger partial charge is 0.360 e. The van der Waals surface area contributed by atoms with Gasteiger partial charge in [0.05, 0.1) is 5.69 Å². The van der Waals surface area contributed by atoms with E-state index in [1.165, 1.54) is 11.2 Å². The van der Waals surface area contributed by atoms with E-state index in [4.69, 9.17) is 4.52 Å². The van der Waals surface area contributed by atoms with Crippen molar-refractivity contribution < 1.29 is 26.5 Å². The lowest BCUT2D eigenvalue weighted by atomic mass is 9.97. The number of hydrogen-bond donors (Lipinski definition) is 1. The third-order valence-electron chi connectivity index (χ3n) is 4.58. The van der Waals surface area contributed by atoms with Crippen molar-refractivity contribution in [3.05, 3.63) is 41.3 Å². The molecule has 0 unspecified atom stereocenters. The molecule has 3 rings (SSSR count). The third-order valence-corrected chi connectivity index (χ3v) is 6.72. The summed E-state index contributed by atoms with van der Waals surface area (Å²) in [5.74, 6) is -2.14. The zero-order valence-corrected chi connectivity index (χ0v) is 15.6. The monoisotopic (exact) mass is 399 g/mol. The molecule has 7 nitrogen and oxygen atoms in total. The second kappa shape index (κ2) is 7.35. The lowest BCUT2D eigenvalue weighted by molar-refractivity contribution is -0.120. The number of carbonyl (C=O) groups excluding carboxylic acids is 1. The molecule has 1 saturated heterocycles. The SMILES string of the molecule is Cc1noc(C)c1S(=O)(=O)N1CCC(C(=O)Nc2cc(F)ccc2F)CC1. The quantitative estimate of drug-likeness (QED) is 0.853. The summed E-state index contributed by atoms with van der Waals surface area (Å²) in [6.07, 6.45) is 0.538.